The van der Waals surface area contributed by atoms with Crippen molar-refractivity contribution >= 4 is 11.6 Å². The third-order valence-corrected chi connectivity index (χ3v) is 1.71. The molecular weight excluding hydrogens is 183 g/mol. The van der Waals surface area contributed by atoms with Gasteiger partial charge in [0.25, 0.3) is 5.56 Å². The standard InChI is InChI=1S/C7H8ClFN2O/c1-7(2,9)5-4(8)6(12)11-3-10-5/h3H,1-2H3,(H,10,11,12). The lowest BCUT2D eigenvalue weighted by molar-refractivity contribution is 0.214. The first-order valence-corrected chi connectivity index (χ1v) is 3.73. The number of halogens is 2. The van der Waals surface area contributed by atoms with E-state index >= 15 is 0 Å². The normalized spacial score (nSPS) is 11.7. The number of aromatic nitrogens is 2. The van der Waals surface area contributed by atoms with Crippen LogP contribution < -0.4 is 5.56 Å². The van der Waals surface area contributed by atoms with E-state index in [1.807, 2.05) is 0 Å². The zero-order chi connectivity index (χ0) is 9.35. The van der Waals surface area contributed by atoms with Gasteiger partial charge in [-0.1, -0.05) is 11.6 Å². The number of rotatable bonds is 1. The zero-order valence-electron chi connectivity index (χ0n) is 6.69. The van der Waals surface area contributed by atoms with Gasteiger partial charge in [-0.2, -0.15) is 0 Å². The highest BCUT2D eigenvalue weighted by molar-refractivity contribution is 6.31. The van der Waals surface area contributed by atoms with Crippen molar-refractivity contribution in [2.45, 2.75) is 19.5 Å². The molecule has 12 heavy (non-hydrogen) atoms. The van der Waals surface area contributed by atoms with Gasteiger partial charge in [0, 0.05) is 0 Å². The number of alkyl halides is 1. The fourth-order valence-electron chi connectivity index (χ4n) is 0.797. The Balaban J connectivity index is 3.36. The second-order valence-corrected chi connectivity index (χ2v) is 3.24. The summed E-state index contributed by atoms with van der Waals surface area (Å²) in [7, 11) is 0. The molecule has 0 saturated carbocycles. The van der Waals surface area contributed by atoms with Crippen LogP contribution in [0.2, 0.25) is 5.02 Å². The maximum atomic E-state index is 13.3. The number of H-pyrrole nitrogens is 1. The third-order valence-electron chi connectivity index (χ3n) is 1.36. The van der Waals surface area contributed by atoms with E-state index < -0.39 is 11.2 Å². The van der Waals surface area contributed by atoms with Gasteiger partial charge in [-0.25, -0.2) is 9.37 Å². The predicted octanol–water partition coefficient (Wildman–Crippen LogP) is 1.63. The summed E-state index contributed by atoms with van der Waals surface area (Å²) >= 11 is 5.53. The van der Waals surface area contributed by atoms with E-state index in [-0.39, 0.29) is 10.7 Å². The van der Waals surface area contributed by atoms with Crippen LogP contribution >= 0.6 is 11.6 Å². The molecule has 1 heterocycles. The molecule has 0 aliphatic heterocycles. The first kappa shape index (κ1) is 9.19. The van der Waals surface area contributed by atoms with Gasteiger partial charge in [-0.3, -0.25) is 4.79 Å². The Morgan fingerprint density at radius 2 is 2.25 bits per heavy atom. The predicted molar refractivity (Wildman–Crippen MR) is 44.0 cm³/mol. The summed E-state index contributed by atoms with van der Waals surface area (Å²) in [5.74, 6) is 0. The molecule has 66 valence electrons. The average Bonchev–Trinajstić information content (AvgIpc) is 1.92. The maximum absolute atomic E-state index is 13.3. The van der Waals surface area contributed by atoms with Crippen LogP contribution in [0, 0.1) is 0 Å². The Morgan fingerprint density at radius 3 is 2.67 bits per heavy atom. The summed E-state index contributed by atoms with van der Waals surface area (Å²) in [4.78, 5) is 16.8. The maximum Gasteiger partial charge on any atom is 0.269 e. The van der Waals surface area contributed by atoms with E-state index in [0.717, 1.165) is 6.33 Å². The minimum absolute atomic E-state index is 0.0343. The lowest BCUT2D eigenvalue weighted by atomic mass is 10.1. The molecule has 0 amide bonds. The highest BCUT2D eigenvalue weighted by Crippen LogP contribution is 2.25. The summed E-state index contributed by atoms with van der Waals surface area (Å²) in [6, 6.07) is 0. The second-order valence-electron chi connectivity index (χ2n) is 2.87. The average molecular weight is 191 g/mol. The van der Waals surface area contributed by atoms with Crippen LogP contribution in [0.1, 0.15) is 19.5 Å². The van der Waals surface area contributed by atoms with Crippen LogP contribution in [-0.2, 0) is 5.67 Å². The number of aromatic amines is 1. The molecule has 0 fully saturated rings. The molecule has 0 aliphatic carbocycles. The highest BCUT2D eigenvalue weighted by atomic mass is 35.5. The van der Waals surface area contributed by atoms with E-state index in [0.29, 0.717) is 0 Å². The van der Waals surface area contributed by atoms with Crippen LogP contribution in [0.25, 0.3) is 0 Å². The molecule has 1 aromatic heterocycles. The number of nitrogens with one attached hydrogen (secondary N) is 1. The molecule has 5 heteroatoms. The van der Waals surface area contributed by atoms with Crippen molar-refractivity contribution in [1.29, 1.82) is 0 Å². The summed E-state index contributed by atoms with van der Waals surface area (Å²) < 4.78 is 13.3. The summed E-state index contributed by atoms with van der Waals surface area (Å²) in [6.45, 7) is 2.58. The zero-order valence-corrected chi connectivity index (χ0v) is 7.44. The molecule has 1 N–H and O–H groups in total. The Hall–Kier alpha value is -0.900. The Labute approximate surface area is 73.6 Å². The van der Waals surface area contributed by atoms with Crippen LogP contribution in [0.15, 0.2) is 11.1 Å². The van der Waals surface area contributed by atoms with Crippen molar-refractivity contribution in [3.05, 3.63) is 27.4 Å². The van der Waals surface area contributed by atoms with Crippen molar-refractivity contribution in [1.82, 2.24) is 9.97 Å². The number of nitrogens with zero attached hydrogens (tertiary/aromatic N) is 1. The number of hydrogen-bond acceptors (Lipinski definition) is 2. The fraction of sp³-hybridized carbons (Fsp3) is 0.429. The molecule has 0 bridgehead atoms. The lowest BCUT2D eigenvalue weighted by Gasteiger charge is -2.13. The molecule has 0 spiro atoms. The lowest BCUT2D eigenvalue weighted by Crippen LogP contribution is -2.19. The summed E-state index contributed by atoms with van der Waals surface area (Å²) in [6.07, 6.45) is 1.13. The first-order valence-electron chi connectivity index (χ1n) is 3.35. The van der Waals surface area contributed by atoms with Gasteiger partial charge in [-0.05, 0) is 13.8 Å². The van der Waals surface area contributed by atoms with Gasteiger partial charge in [0.05, 0.1) is 6.33 Å². The van der Waals surface area contributed by atoms with Crippen molar-refractivity contribution in [2.75, 3.05) is 0 Å². The Kier molecular flexibility index (Phi) is 2.19. The molecule has 0 unspecified atom stereocenters. The Morgan fingerprint density at radius 1 is 1.67 bits per heavy atom. The van der Waals surface area contributed by atoms with Crippen LogP contribution in [-0.4, -0.2) is 9.97 Å². The number of hydrogen-bond donors (Lipinski definition) is 1. The molecule has 0 aromatic carbocycles. The minimum atomic E-state index is -1.69. The van der Waals surface area contributed by atoms with E-state index in [1.165, 1.54) is 13.8 Å². The third kappa shape index (κ3) is 1.64. The fourth-order valence-corrected chi connectivity index (χ4v) is 1.13. The van der Waals surface area contributed by atoms with Crippen LogP contribution in [0.5, 0.6) is 0 Å². The van der Waals surface area contributed by atoms with Gasteiger partial charge in [0.2, 0.25) is 0 Å². The topological polar surface area (TPSA) is 45.8 Å². The van der Waals surface area contributed by atoms with Crippen molar-refractivity contribution in [3.8, 4) is 0 Å². The van der Waals surface area contributed by atoms with Gasteiger partial charge < -0.3 is 4.98 Å². The van der Waals surface area contributed by atoms with Gasteiger partial charge >= 0.3 is 0 Å². The van der Waals surface area contributed by atoms with Crippen molar-refractivity contribution < 1.29 is 4.39 Å². The summed E-state index contributed by atoms with van der Waals surface area (Å²) in [5, 5.41) is -0.190. The minimum Gasteiger partial charge on any atom is -0.312 e. The molecule has 3 nitrogen and oxygen atoms in total. The molecule has 1 aromatic rings. The van der Waals surface area contributed by atoms with Crippen LogP contribution in [0.4, 0.5) is 4.39 Å². The van der Waals surface area contributed by atoms with Crippen molar-refractivity contribution in [2.24, 2.45) is 0 Å². The van der Waals surface area contributed by atoms with Crippen LogP contribution in [0.3, 0.4) is 0 Å². The van der Waals surface area contributed by atoms with E-state index in [2.05, 4.69) is 9.97 Å². The van der Waals surface area contributed by atoms with Gasteiger partial charge in [0.15, 0.2) is 0 Å². The SMILES string of the molecule is CC(C)(F)c1nc[nH]c(=O)c1Cl. The quantitative estimate of drug-likeness (QED) is 0.732. The van der Waals surface area contributed by atoms with E-state index in [1.54, 1.807) is 0 Å². The molecule has 1 rings (SSSR count). The molecule has 0 saturated heterocycles. The van der Waals surface area contributed by atoms with Crippen molar-refractivity contribution in [3.63, 3.8) is 0 Å². The highest BCUT2D eigenvalue weighted by Gasteiger charge is 2.25. The Bertz CT molecular complexity index is 342. The van der Waals surface area contributed by atoms with Gasteiger partial charge in [0.1, 0.15) is 16.4 Å². The first-order chi connectivity index (χ1) is 5.43. The van der Waals surface area contributed by atoms with Gasteiger partial charge in [-0.15, -0.1) is 0 Å². The largest absolute Gasteiger partial charge is 0.312 e. The molecular formula is C7H8ClFN2O. The van der Waals surface area contributed by atoms with E-state index in [4.69, 9.17) is 11.6 Å². The molecule has 0 radical (unpaired) electrons. The molecule has 0 atom stereocenters. The summed E-state index contributed by atoms with van der Waals surface area (Å²) in [5.41, 5.74) is -2.24. The monoisotopic (exact) mass is 190 g/mol. The second kappa shape index (κ2) is 2.86. The smallest absolute Gasteiger partial charge is 0.269 e. The molecule has 0 aliphatic rings. The van der Waals surface area contributed by atoms with E-state index in [9.17, 15) is 9.18 Å².